The molecule has 0 atom stereocenters. The van der Waals surface area contributed by atoms with Gasteiger partial charge in [-0.1, -0.05) is 6.07 Å². The van der Waals surface area contributed by atoms with E-state index in [0.717, 1.165) is 5.69 Å². The second-order valence-electron chi connectivity index (χ2n) is 8.64. The maximum absolute atomic E-state index is 13.6. The standard InChI is InChI=1S/C24H28F2N4O3/c1-29-21-5-4-17(25)12-19(21)22(32)14-24(29)6-9-30(10-7-24)23(33)28-15-16-2-3-18(26)13-20(16)27-8-11-31/h2-5,12-13,27,31H,6-11,14-15H2,1H3,(H,28,33). The van der Waals surface area contributed by atoms with Crippen molar-refractivity contribution in [3.63, 3.8) is 0 Å². The van der Waals surface area contributed by atoms with Crippen LogP contribution in [0.25, 0.3) is 0 Å². The molecule has 0 radical (unpaired) electrons. The average Bonchev–Trinajstić information content (AvgIpc) is 2.81. The fraction of sp³-hybridized carbons (Fsp3) is 0.417. The summed E-state index contributed by atoms with van der Waals surface area (Å²) in [4.78, 5) is 29.3. The molecule has 4 rings (SSSR count). The Labute approximate surface area is 191 Å². The van der Waals surface area contributed by atoms with E-state index >= 15 is 0 Å². The van der Waals surface area contributed by atoms with Crippen molar-refractivity contribution in [2.24, 2.45) is 0 Å². The number of nitrogens with zero attached hydrogens (tertiary/aromatic N) is 2. The van der Waals surface area contributed by atoms with Crippen LogP contribution in [-0.4, -0.2) is 60.6 Å². The Morgan fingerprint density at radius 1 is 1.12 bits per heavy atom. The van der Waals surface area contributed by atoms with Gasteiger partial charge in [0.2, 0.25) is 0 Å². The molecule has 0 bridgehead atoms. The molecule has 2 heterocycles. The summed E-state index contributed by atoms with van der Waals surface area (Å²) in [6, 6.07) is 8.34. The van der Waals surface area contributed by atoms with E-state index in [-0.39, 0.29) is 31.5 Å². The first-order valence-corrected chi connectivity index (χ1v) is 11.1. The van der Waals surface area contributed by atoms with E-state index in [1.807, 2.05) is 7.05 Å². The number of Topliss-reactive ketones (excluding diaryl/α,β-unsaturated/α-hetero) is 1. The molecule has 1 spiro atoms. The van der Waals surface area contributed by atoms with Crippen molar-refractivity contribution in [2.75, 3.05) is 43.5 Å². The number of ketones is 1. The molecule has 1 fully saturated rings. The molecular formula is C24H28F2N4O3. The number of carbonyl (C=O) groups excluding carboxylic acids is 2. The number of nitrogens with one attached hydrogen (secondary N) is 2. The zero-order valence-corrected chi connectivity index (χ0v) is 18.5. The zero-order chi connectivity index (χ0) is 23.6. The van der Waals surface area contributed by atoms with Gasteiger partial charge in [0.05, 0.1) is 12.1 Å². The minimum atomic E-state index is -0.422. The van der Waals surface area contributed by atoms with Crippen LogP contribution < -0.4 is 15.5 Å². The number of hydrogen-bond acceptors (Lipinski definition) is 5. The number of likely N-dealkylation sites (tertiary alicyclic amines) is 1. The number of anilines is 2. The molecule has 0 aromatic heterocycles. The topological polar surface area (TPSA) is 84.9 Å². The summed E-state index contributed by atoms with van der Waals surface area (Å²) in [7, 11) is 1.92. The maximum atomic E-state index is 13.6. The molecule has 0 unspecified atom stereocenters. The third-order valence-electron chi connectivity index (χ3n) is 6.73. The highest BCUT2D eigenvalue weighted by atomic mass is 19.1. The summed E-state index contributed by atoms with van der Waals surface area (Å²) in [5.41, 5.74) is 1.99. The molecule has 3 N–H and O–H groups in total. The normalized spacial score (nSPS) is 17.2. The lowest BCUT2D eigenvalue weighted by molar-refractivity contribution is 0.0890. The van der Waals surface area contributed by atoms with E-state index in [1.54, 1.807) is 17.0 Å². The lowest BCUT2D eigenvalue weighted by Crippen LogP contribution is -2.59. The van der Waals surface area contributed by atoms with E-state index in [0.29, 0.717) is 49.2 Å². The highest BCUT2D eigenvalue weighted by Crippen LogP contribution is 2.42. The number of amides is 2. The fourth-order valence-electron chi connectivity index (χ4n) is 4.77. The molecule has 9 heteroatoms. The van der Waals surface area contributed by atoms with Crippen LogP contribution in [0.3, 0.4) is 0 Å². The number of aliphatic hydroxyl groups is 1. The Morgan fingerprint density at radius 2 is 1.82 bits per heavy atom. The van der Waals surface area contributed by atoms with Crippen LogP contribution in [0.4, 0.5) is 25.0 Å². The van der Waals surface area contributed by atoms with E-state index in [2.05, 4.69) is 15.5 Å². The second-order valence-corrected chi connectivity index (χ2v) is 8.64. The van der Waals surface area contributed by atoms with Crippen molar-refractivity contribution in [2.45, 2.75) is 31.3 Å². The largest absolute Gasteiger partial charge is 0.395 e. The van der Waals surface area contributed by atoms with E-state index in [9.17, 15) is 18.4 Å². The minimum Gasteiger partial charge on any atom is -0.395 e. The van der Waals surface area contributed by atoms with Crippen molar-refractivity contribution < 1.29 is 23.5 Å². The smallest absolute Gasteiger partial charge is 0.317 e. The van der Waals surface area contributed by atoms with Gasteiger partial charge >= 0.3 is 6.03 Å². The molecule has 2 aliphatic rings. The van der Waals surface area contributed by atoms with Gasteiger partial charge in [0.25, 0.3) is 0 Å². The number of rotatable bonds is 5. The van der Waals surface area contributed by atoms with Crippen LogP contribution in [-0.2, 0) is 6.54 Å². The number of aliphatic hydroxyl groups excluding tert-OH is 1. The second kappa shape index (κ2) is 9.35. The lowest BCUT2D eigenvalue weighted by Gasteiger charge is -2.50. The molecule has 2 aromatic rings. The summed E-state index contributed by atoms with van der Waals surface area (Å²) in [5.74, 6) is -0.893. The Kier molecular flexibility index (Phi) is 6.51. The number of piperidine rings is 1. The summed E-state index contributed by atoms with van der Waals surface area (Å²) in [5, 5.41) is 14.8. The van der Waals surface area contributed by atoms with Gasteiger partial charge < -0.3 is 25.5 Å². The van der Waals surface area contributed by atoms with Gasteiger partial charge in [-0.05, 0) is 48.7 Å². The van der Waals surface area contributed by atoms with Crippen LogP contribution in [0.5, 0.6) is 0 Å². The monoisotopic (exact) mass is 458 g/mol. The number of benzene rings is 2. The van der Waals surface area contributed by atoms with E-state index in [4.69, 9.17) is 5.11 Å². The molecule has 2 aromatic carbocycles. The quantitative estimate of drug-likeness (QED) is 0.641. The molecule has 1 saturated heterocycles. The number of urea groups is 1. The first-order valence-electron chi connectivity index (χ1n) is 11.1. The van der Waals surface area contributed by atoms with Gasteiger partial charge in [-0.3, -0.25) is 4.79 Å². The molecule has 0 saturated carbocycles. The maximum Gasteiger partial charge on any atom is 0.317 e. The molecule has 2 aliphatic heterocycles. The van der Waals surface area contributed by atoms with Crippen LogP contribution in [0, 0.1) is 11.6 Å². The fourth-order valence-corrected chi connectivity index (χ4v) is 4.77. The predicted octanol–water partition coefficient (Wildman–Crippen LogP) is 3.14. The number of hydrogen-bond donors (Lipinski definition) is 3. The number of halogens is 2. The summed E-state index contributed by atoms with van der Waals surface area (Å²) >= 11 is 0. The predicted molar refractivity (Wildman–Crippen MR) is 121 cm³/mol. The Hall–Kier alpha value is -3.20. The third kappa shape index (κ3) is 4.64. The lowest BCUT2D eigenvalue weighted by atomic mass is 9.77. The highest BCUT2D eigenvalue weighted by Gasteiger charge is 2.45. The Bertz CT molecular complexity index is 1050. The highest BCUT2D eigenvalue weighted by molar-refractivity contribution is 6.04. The van der Waals surface area contributed by atoms with Crippen molar-refractivity contribution in [3.05, 3.63) is 59.2 Å². The van der Waals surface area contributed by atoms with Crippen molar-refractivity contribution >= 4 is 23.2 Å². The van der Waals surface area contributed by atoms with Crippen molar-refractivity contribution in [1.82, 2.24) is 10.2 Å². The molecular weight excluding hydrogens is 430 g/mol. The molecule has 2 amide bonds. The van der Waals surface area contributed by atoms with Gasteiger partial charge in [0.1, 0.15) is 11.6 Å². The third-order valence-corrected chi connectivity index (χ3v) is 6.73. The first-order chi connectivity index (χ1) is 15.8. The Balaban J connectivity index is 1.38. The summed E-state index contributed by atoms with van der Waals surface area (Å²) in [6.45, 7) is 1.37. The van der Waals surface area contributed by atoms with Gasteiger partial charge in [0.15, 0.2) is 5.78 Å². The molecule has 7 nitrogen and oxygen atoms in total. The van der Waals surface area contributed by atoms with Gasteiger partial charge in [0, 0.05) is 56.6 Å². The zero-order valence-electron chi connectivity index (χ0n) is 18.5. The van der Waals surface area contributed by atoms with Crippen LogP contribution >= 0.6 is 0 Å². The summed E-state index contributed by atoms with van der Waals surface area (Å²) in [6.07, 6.45) is 1.55. The van der Waals surface area contributed by atoms with Gasteiger partial charge in [-0.25, -0.2) is 13.6 Å². The molecule has 33 heavy (non-hydrogen) atoms. The number of carbonyl (C=O) groups is 2. The van der Waals surface area contributed by atoms with Crippen LogP contribution in [0.15, 0.2) is 36.4 Å². The van der Waals surface area contributed by atoms with Crippen molar-refractivity contribution in [3.8, 4) is 0 Å². The van der Waals surface area contributed by atoms with E-state index in [1.165, 1.54) is 24.3 Å². The van der Waals surface area contributed by atoms with E-state index < -0.39 is 17.2 Å². The molecule has 0 aliphatic carbocycles. The number of fused-ring (bicyclic) bond motifs is 1. The van der Waals surface area contributed by atoms with Crippen LogP contribution in [0.2, 0.25) is 0 Å². The Morgan fingerprint density at radius 3 is 2.55 bits per heavy atom. The van der Waals surface area contributed by atoms with Crippen LogP contribution in [0.1, 0.15) is 35.2 Å². The van der Waals surface area contributed by atoms with Crippen molar-refractivity contribution in [1.29, 1.82) is 0 Å². The SMILES string of the molecule is CN1c2ccc(F)cc2C(=O)CC12CCN(C(=O)NCc1ccc(F)cc1NCCO)CC2. The average molecular weight is 459 g/mol. The van der Waals surface area contributed by atoms with Gasteiger partial charge in [-0.2, -0.15) is 0 Å². The van der Waals surface area contributed by atoms with Gasteiger partial charge in [-0.15, -0.1) is 0 Å². The minimum absolute atomic E-state index is 0.0697. The first kappa shape index (κ1) is 23.0. The summed E-state index contributed by atoms with van der Waals surface area (Å²) < 4.78 is 27.2. The molecule has 176 valence electrons.